The van der Waals surface area contributed by atoms with Crippen LogP contribution in [0.1, 0.15) is 59.1 Å². The first-order valence-electron chi connectivity index (χ1n) is 8.38. The molecule has 0 amide bonds. The van der Waals surface area contributed by atoms with Crippen LogP contribution in [0.15, 0.2) is 12.4 Å². The summed E-state index contributed by atoms with van der Waals surface area (Å²) in [6, 6.07) is 0.472. The lowest BCUT2D eigenvalue weighted by molar-refractivity contribution is 0.199. The fourth-order valence-electron chi connectivity index (χ4n) is 3.11. The Kier molecular flexibility index (Phi) is 5.57. The standard InChI is InChI=1S/C17H30N4/c1-5-17(6-2)7-9-21(10-8-17)16-13-18-11-15(20-16)12-19-14(3)4/h11,13-14,19H,5-10,12H2,1-4H3. The average molecular weight is 290 g/mol. The molecule has 0 radical (unpaired) electrons. The van der Waals surface area contributed by atoms with Gasteiger partial charge in [-0.3, -0.25) is 4.98 Å². The topological polar surface area (TPSA) is 41.1 Å². The maximum absolute atomic E-state index is 4.77. The third kappa shape index (κ3) is 4.16. The fourth-order valence-corrected chi connectivity index (χ4v) is 3.11. The Balaban J connectivity index is 1.98. The maximum Gasteiger partial charge on any atom is 0.147 e. The van der Waals surface area contributed by atoms with Gasteiger partial charge >= 0.3 is 0 Å². The number of hydrogen-bond acceptors (Lipinski definition) is 4. The largest absolute Gasteiger partial charge is 0.355 e. The Morgan fingerprint density at radius 2 is 1.86 bits per heavy atom. The average Bonchev–Trinajstić information content (AvgIpc) is 2.53. The van der Waals surface area contributed by atoms with Gasteiger partial charge in [-0.2, -0.15) is 0 Å². The van der Waals surface area contributed by atoms with E-state index in [2.05, 4.69) is 42.9 Å². The first kappa shape index (κ1) is 16.2. The van der Waals surface area contributed by atoms with E-state index in [9.17, 15) is 0 Å². The highest BCUT2D eigenvalue weighted by molar-refractivity contribution is 5.37. The molecule has 4 nitrogen and oxygen atoms in total. The summed E-state index contributed by atoms with van der Waals surface area (Å²) >= 11 is 0. The Labute approximate surface area is 129 Å². The quantitative estimate of drug-likeness (QED) is 0.872. The Morgan fingerprint density at radius 1 is 1.19 bits per heavy atom. The lowest BCUT2D eigenvalue weighted by Crippen LogP contribution is -2.40. The van der Waals surface area contributed by atoms with Crippen molar-refractivity contribution in [2.45, 2.75) is 66.0 Å². The smallest absolute Gasteiger partial charge is 0.147 e. The molecule has 0 saturated carbocycles. The van der Waals surface area contributed by atoms with Crippen LogP contribution in [0.4, 0.5) is 5.82 Å². The number of nitrogens with one attached hydrogen (secondary N) is 1. The monoisotopic (exact) mass is 290 g/mol. The van der Waals surface area contributed by atoms with Gasteiger partial charge in [0.25, 0.3) is 0 Å². The van der Waals surface area contributed by atoms with Crippen molar-refractivity contribution in [2.75, 3.05) is 18.0 Å². The minimum atomic E-state index is 0.472. The van der Waals surface area contributed by atoms with E-state index in [0.717, 1.165) is 31.1 Å². The van der Waals surface area contributed by atoms with E-state index in [-0.39, 0.29) is 0 Å². The molecular formula is C17H30N4. The third-order valence-corrected chi connectivity index (χ3v) is 5.01. The van der Waals surface area contributed by atoms with Gasteiger partial charge in [0.2, 0.25) is 0 Å². The summed E-state index contributed by atoms with van der Waals surface area (Å²) in [6.45, 7) is 12.0. The molecule has 1 fully saturated rings. The fraction of sp³-hybridized carbons (Fsp3) is 0.765. The molecule has 0 bridgehead atoms. The normalized spacial score (nSPS) is 18.2. The molecule has 0 spiro atoms. The summed E-state index contributed by atoms with van der Waals surface area (Å²) in [5, 5.41) is 3.40. The third-order valence-electron chi connectivity index (χ3n) is 5.01. The predicted octanol–water partition coefficient (Wildman–Crippen LogP) is 3.38. The van der Waals surface area contributed by atoms with Crippen molar-refractivity contribution in [3.8, 4) is 0 Å². The zero-order valence-electron chi connectivity index (χ0n) is 14.0. The van der Waals surface area contributed by atoms with Gasteiger partial charge in [0.15, 0.2) is 0 Å². The van der Waals surface area contributed by atoms with Crippen LogP contribution < -0.4 is 10.2 Å². The van der Waals surface area contributed by atoms with Gasteiger partial charge < -0.3 is 10.2 Å². The van der Waals surface area contributed by atoms with Crippen molar-refractivity contribution in [3.05, 3.63) is 18.1 Å². The second-order valence-electron chi connectivity index (χ2n) is 6.60. The molecule has 0 aromatic carbocycles. The van der Waals surface area contributed by atoms with Crippen LogP contribution in [-0.2, 0) is 6.54 Å². The first-order valence-corrected chi connectivity index (χ1v) is 8.38. The van der Waals surface area contributed by atoms with Crippen LogP contribution in [0.2, 0.25) is 0 Å². The van der Waals surface area contributed by atoms with Gasteiger partial charge in [-0.15, -0.1) is 0 Å². The molecule has 2 heterocycles. The summed E-state index contributed by atoms with van der Waals surface area (Å²) in [4.78, 5) is 11.5. The predicted molar refractivity (Wildman–Crippen MR) is 88.5 cm³/mol. The molecule has 21 heavy (non-hydrogen) atoms. The van der Waals surface area contributed by atoms with Crippen LogP contribution in [0, 0.1) is 5.41 Å². The summed E-state index contributed by atoms with van der Waals surface area (Å²) in [6.07, 6.45) is 8.91. The maximum atomic E-state index is 4.77. The van der Waals surface area contributed by atoms with Crippen LogP contribution in [0.3, 0.4) is 0 Å². The number of piperidine rings is 1. The van der Waals surface area contributed by atoms with Crippen LogP contribution >= 0.6 is 0 Å². The molecule has 0 atom stereocenters. The Hall–Kier alpha value is -1.16. The molecule has 2 rings (SSSR count). The van der Waals surface area contributed by atoms with Crippen molar-refractivity contribution >= 4 is 5.82 Å². The van der Waals surface area contributed by atoms with Gasteiger partial charge in [-0.25, -0.2) is 4.98 Å². The molecule has 4 heteroatoms. The summed E-state index contributed by atoms with van der Waals surface area (Å²) in [7, 11) is 0. The van der Waals surface area contributed by atoms with Gasteiger partial charge in [0, 0.05) is 31.9 Å². The van der Waals surface area contributed by atoms with E-state index in [1.54, 1.807) is 0 Å². The van der Waals surface area contributed by atoms with E-state index < -0.39 is 0 Å². The molecule has 118 valence electrons. The molecular weight excluding hydrogens is 260 g/mol. The lowest BCUT2D eigenvalue weighted by Gasteiger charge is -2.41. The second-order valence-corrected chi connectivity index (χ2v) is 6.60. The second kappa shape index (κ2) is 7.21. The van der Waals surface area contributed by atoms with Crippen LogP contribution in [0.5, 0.6) is 0 Å². The number of aromatic nitrogens is 2. The Bertz CT molecular complexity index is 430. The van der Waals surface area contributed by atoms with Crippen LogP contribution in [0.25, 0.3) is 0 Å². The minimum Gasteiger partial charge on any atom is -0.355 e. The molecule has 1 N–H and O–H groups in total. The first-order chi connectivity index (χ1) is 10.1. The highest BCUT2D eigenvalue weighted by Gasteiger charge is 2.31. The summed E-state index contributed by atoms with van der Waals surface area (Å²) in [5.74, 6) is 1.04. The SMILES string of the molecule is CCC1(CC)CCN(c2cncc(CNC(C)C)n2)CC1. The van der Waals surface area contributed by atoms with Crippen molar-refractivity contribution in [2.24, 2.45) is 5.41 Å². The summed E-state index contributed by atoms with van der Waals surface area (Å²) < 4.78 is 0. The molecule has 1 aliphatic heterocycles. The summed E-state index contributed by atoms with van der Waals surface area (Å²) in [5.41, 5.74) is 1.59. The highest BCUT2D eigenvalue weighted by atomic mass is 15.2. The van der Waals surface area contributed by atoms with Gasteiger partial charge in [-0.1, -0.05) is 40.5 Å². The van der Waals surface area contributed by atoms with Gasteiger partial charge in [0.05, 0.1) is 11.9 Å². The number of hydrogen-bond donors (Lipinski definition) is 1. The van der Waals surface area contributed by atoms with E-state index in [4.69, 9.17) is 4.98 Å². The lowest BCUT2D eigenvalue weighted by atomic mass is 9.74. The molecule has 0 unspecified atom stereocenters. The molecule has 1 saturated heterocycles. The zero-order chi connectivity index (χ0) is 15.3. The van der Waals surface area contributed by atoms with Crippen molar-refractivity contribution in [3.63, 3.8) is 0 Å². The highest BCUT2D eigenvalue weighted by Crippen LogP contribution is 2.38. The molecule has 1 aromatic rings. The van der Waals surface area contributed by atoms with E-state index >= 15 is 0 Å². The molecule has 0 aliphatic carbocycles. The van der Waals surface area contributed by atoms with Crippen molar-refractivity contribution in [1.82, 2.24) is 15.3 Å². The molecule has 1 aliphatic rings. The van der Waals surface area contributed by atoms with Crippen molar-refractivity contribution in [1.29, 1.82) is 0 Å². The van der Waals surface area contributed by atoms with Gasteiger partial charge in [-0.05, 0) is 18.3 Å². The van der Waals surface area contributed by atoms with Gasteiger partial charge in [0.1, 0.15) is 5.82 Å². The van der Waals surface area contributed by atoms with E-state index in [0.29, 0.717) is 11.5 Å². The van der Waals surface area contributed by atoms with E-state index in [1.807, 2.05) is 12.4 Å². The number of rotatable bonds is 6. The number of nitrogens with zero attached hydrogens (tertiary/aromatic N) is 3. The van der Waals surface area contributed by atoms with Crippen LogP contribution in [-0.4, -0.2) is 29.1 Å². The number of anilines is 1. The zero-order valence-corrected chi connectivity index (χ0v) is 14.0. The van der Waals surface area contributed by atoms with Crippen molar-refractivity contribution < 1.29 is 0 Å². The minimum absolute atomic E-state index is 0.472. The molecule has 1 aromatic heterocycles. The Morgan fingerprint density at radius 3 is 2.43 bits per heavy atom. The van der Waals surface area contributed by atoms with E-state index in [1.165, 1.54) is 25.7 Å².